The van der Waals surface area contributed by atoms with Crippen molar-refractivity contribution in [3.8, 4) is 0 Å². The van der Waals surface area contributed by atoms with Gasteiger partial charge in [0, 0.05) is 88.4 Å². The smallest absolute Gasteiger partial charge is 0.326 e. The maximum Gasteiger partial charge on any atom is 0.326 e. The van der Waals surface area contributed by atoms with E-state index in [1.807, 2.05) is 29.6 Å². The van der Waals surface area contributed by atoms with Gasteiger partial charge in [-0.3, -0.25) is 62.8 Å². The molecule has 30 nitrogen and oxygen atoms in total. The van der Waals surface area contributed by atoms with Gasteiger partial charge in [-0.15, -0.1) is 0 Å². The SMILES string of the molecule is O=C(O)CC[C@H](NC(=O)N[C@@H](CCCCN(CC(=O)O)C(=O)COCCNC(=O)[C@H](CCCCNC(=O)CCCc1ccc(I)cc1)NC(=O)CN1CCN(CC(=O)O)CCN(CC(=O)O)CCN(CC(=O)O)CC1)C(=O)O)C(=O)O. The molecule has 0 unspecified atom stereocenters. The topological polar surface area (TPSA) is 432 Å². The summed E-state index contributed by atoms with van der Waals surface area (Å²) in [7, 11) is 0. The minimum absolute atomic E-state index is 0.0431. The van der Waals surface area contributed by atoms with Crippen LogP contribution in [0.2, 0.25) is 0 Å². The second kappa shape index (κ2) is 39.6. The number of nitrogens with one attached hydrogen (secondary N) is 5. The fourth-order valence-corrected chi connectivity index (χ4v) is 8.62. The highest BCUT2D eigenvalue weighted by atomic mass is 127. The molecule has 0 aromatic heterocycles. The Balaban J connectivity index is 2.08. The number of ether oxygens (including phenoxy) is 1. The zero-order chi connectivity index (χ0) is 60.3. The number of rotatable bonds is 38. The van der Waals surface area contributed by atoms with E-state index in [9.17, 15) is 88.2 Å². The van der Waals surface area contributed by atoms with Crippen LogP contribution in [-0.4, -0.2) is 268 Å². The third-order valence-electron chi connectivity index (χ3n) is 12.5. The van der Waals surface area contributed by atoms with Crippen LogP contribution in [0.4, 0.5) is 4.79 Å². The molecule has 454 valence electrons. The molecular formula is C50H77IN10O20. The number of hydrogen-bond donors (Lipinski definition) is 12. The molecule has 3 atom stereocenters. The average molecular weight is 1270 g/mol. The van der Waals surface area contributed by atoms with E-state index in [1.54, 1.807) is 19.6 Å². The highest BCUT2D eigenvalue weighted by molar-refractivity contribution is 14.1. The first-order chi connectivity index (χ1) is 38.4. The van der Waals surface area contributed by atoms with Crippen molar-refractivity contribution in [2.24, 2.45) is 0 Å². The molecule has 1 aromatic rings. The molecule has 6 amide bonds. The van der Waals surface area contributed by atoms with Crippen molar-refractivity contribution >= 4 is 94.0 Å². The van der Waals surface area contributed by atoms with Gasteiger partial charge in [-0.25, -0.2) is 14.4 Å². The van der Waals surface area contributed by atoms with Crippen LogP contribution in [0.5, 0.6) is 0 Å². The second-order valence-corrected chi connectivity index (χ2v) is 20.4. The molecule has 1 aliphatic rings. The van der Waals surface area contributed by atoms with Gasteiger partial charge in [0.1, 0.15) is 31.3 Å². The first-order valence-electron chi connectivity index (χ1n) is 26.3. The fraction of sp³-hybridized carbons (Fsp3) is 0.640. The lowest BCUT2D eigenvalue weighted by Gasteiger charge is -2.33. The minimum Gasteiger partial charge on any atom is -0.481 e. The summed E-state index contributed by atoms with van der Waals surface area (Å²) < 4.78 is 6.56. The van der Waals surface area contributed by atoms with Gasteiger partial charge >= 0.3 is 47.8 Å². The van der Waals surface area contributed by atoms with Gasteiger partial charge in [0.05, 0.1) is 32.8 Å². The van der Waals surface area contributed by atoms with Crippen LogP contribution in [0, 0.1) is 3.57 Å². The molecule has 1 aromatic carbocycles. The number of nitrogens with zero attached hydrogens (tertiary/aromatic N) is 5. The molecule has 81 heavy (non-hydrogen) atoms. The molecule has 0 radical (unpaired) electrons. The van der Waals surface area contributed by atoms with Crippen molar-refractivity contribution in [2.45, 2.75) is 88.8 Å². The Kier molecular flexibility index (Phi) is 34.3. The van der Waals surface area contributed by atoms with Crippen LogP contribution in [0.3, 0.4) is 0 Å². The second-order valence-electron chi connectivity index (χ2n) is 19.1. The quantitative estimate of drug-likeness (QED) is 0.0255. The summed E-state index contributed by atoms with van der Waals surface area (Å²) in [6.07, 6.45) is 1.43. The van der Waals surface area contributed by atoms with Crippen LogP contribution in [0.1, 0.15) is 69.8 Å². The molecule has 0 saturated carbocycles. The van der Waals surface area contributed by atoms with Gasteiger partial charge in [-0.2, -0.15) is 0 Å². The third-order valence-corrected chi connectivity index (χ3v) is 13.2. The lowest BCUT2D eigenvalue weighted by atomic mass is 10.1. The predicted octanol–water partition coefficient (Wildman–Crippen LogP) is -1.85. The van der Waals surface area contributed by atoms with E-state index in [0.29, 0.717) is 32.2 Å². The molecular weight excluding hydrogens is 1190 g/mol. The average Bonchev–Trinajstić information content (AvgIpc) is 3.38. The molecule has 1 saturated heterocycles. The molecule has 12 N–H and O–H groups in total. The van der Waals surface area contributed by atoms with Crippen LogP contribution in [-0.2, 0) is 63.9 Å². The zero-order valence-electron chi connectivity index (χ0n) is 45.1. The van der Waals surface area contributed by atoms with E-state index >= 15 is 0 Å². The first kappa shape index (κ1) is 70.3. The van der Waals surface area contributed by atoms with Crippen molar-refractivity contribution in [1.82, 2.24) is 51.1 Å². The van der Waals surface area contributed by atoms with E-state index in [4.69, 9.17) is 9.84 Å². The summed E-state index contributed by atoms with van der Waals surface area (Å²) in [5.41, 5.74) is 1.11. The van der Waals surface area contributed by atoms with Crippen molar-refractivity contribution in [2.75, 3.05) is 118 Å². The Morgan fingerprint density at radius 1 is 0.519 bits per heavy atom. The number of benzene rings is 1. The van der Waals surface area contributed by atoms with E-state index in [-0.39, 0.29) is 130 Å². The standard InChI is InChI=1S/C50H77IN10O20/c51-35-12-10-34(11-13-35)6-5-9-39(62)52-16-3-1-7-36(54-40(63)28-57-19-21-58(29-43(67)68)23-25-60(31-45(71)72)26-24-59(22-20-57)30-44(69)70)47(75)53-17-27-81-33-41(64)61(32-46(73)74)18-4-2-8-37(48(76)77)55-50(80)56-38(49(78)79)14-15-42(65)66/h10-13,36-38H,1-9,14-33H2,(H,52,62)(H,53,75)(H,54,63)(H,65,66)(H,67,68)(H,69,70)(H,71,72)(H,73,74)(H,76,77)(H,78,79)(H2,55,56,80)/t36-,37-,38-/m0/s1. The Hall–Kier alpha value is -6.81. The van der Waals surface area contributed by atoms with Crippen LogP contribution in [0.25, 0.3) is 0 Å². The van der Waals surface area contributed by atoms with Gasteiger partial charge in [0.2, 0.25) is 23.6 Å². The Labute approximate surface area is 481 Å². The molecule has 31 heteroatoms. The third kappa shape index (κ3) is 33.5. The number of carboxylic acid groups (broad SMARTS) is 7. The molecule has 2 rings (SSSR count). The Bertz CT molecular complexity index is 2210. The predicted molar refractivity (Wildman–Crippen MR) is 293 cm³/mol. The molecule has 0 spiro atoms. The van der Waals surface area contributed by atoms with Gasteiger partial charge < -0.3 is 72.0 Å². The van der Waals surface area contributed by atoms with E-state index < -0.39 is 110 Å². The largest absolute Gasteiger partial charge is 0.481 e. The molecule has 1 fully saturated rings. The lowest BCUT2D eigenvalue weighted by Crippen LogP contribution is -2.52. The summed E-state index contributed by atoms with van der Waals surface area (Å²) in [5.74, 6) is -11.2. The Morgan fingerprint density at radius 3 is 1.51 bits per heavy atom. The number of amides is 6. The molecule has 0 bridgehead atoms. The van der Waals surface area contributed by atoms with Gasteiger partial charge in [-0.05, 0) is 98.1 Å². The number of hydrogen-bond acceptors (Lipinski definition) is 17. The zero-order valence-corrected chi connectivity index (χ0v) is 47.3. The number of carbonyl (C=O) groups is 12. The summed E-state index contributed by atoms with van der Waals surface area (Å²) in [6.45, 7) is -1.82. The number of unbranched alkanes of at least 4 members (excludes halogenated alkanes) is 2. The molecule has 1 aliphatic heterocycles. The van der Waals surface area contributed by atoms with Gasteiger partial charge in [-0.1, -0.05) is 12.1 Å². The Morgan fingerprint density at radius 2 is 1.01 bits per heavy atom. The maximum absolute atomic E-state index is 13.8. The van der Waals surface area contributed by atoms with Crippen LogP contribution >= 0.6 is 22.6 Å². The van der Waals surface area contributed by atoms with Gasteiger partial charge in [0.25, 0.3) is 0 Å². The van der Waals surface area contributed by atoms with E-state index in [2.05, 4.69) is 43.9 Å². The highest BCUT2D eigenvalue weighted by Crippen LogP contribution is 2.11. The minimum atomic E-state index is -1.62. The van der Waals surface area contributed by atoms with E-state index in [0.717, 1.165) is 20.5 Å². The first-order valence-corrected chi connectivity index (χ1v) is 27.4. The van der Waals surface area contributed by atoms with Crippen LogP contribution in [0.15, 0.2) is 24.3 Å². The van der Waals surface area contributed by atoms with Crippen molar-refractivity contribution < 1.29 is 98.0 Å². The number of urea groups is 1. The van der Waals surface area contributed by atoms with Crippen molar-refractivity contribution in [1.29, 1.82) is 0 Å². The fourth-order valence-electron chi connectivity index (χ4n) is 8.26. The number of halogens is 1. The highest BCUT2D eigenvalue weighted by Gasteiger charge is 2.27. The molecule has 1 heterocycles. The number of carbonyl (C=O) groups excluding carboxylic acids is 5. The van der Waals surface area contributed by atoms with Crippen molar-refractivity contribution in [3.63, 3.8) is 0 Å². The monoisotopic (exact) mass is 1260 g/mol. The normalized spacial score (nSPS) is 15.0. The summed E-state index contributed by atoms with van der Waals surface area (Å²) in [5, 5.41) is 78.3. The summed E-state index contributed by atoms with van der Waals surface area (Å²) >= 11 is 2.21. The number of aliphatic carboxylic acids is 7. The number of carboxylic acids is 7. The lowest BCUT2D eigenvalue weighted by molar-refractivity contribution is -0.146. The summed E-state index contributed by atoms with van der Waals surface area (Å²) in [6, 6.07) is 2.55. The van der Waals surface area contributed by atoms with Gasteiger partial charge in [0.15, 0.2) is 0 Å². The summed E-state index contributed by atoms with van der Waals surface area (Å²) in [4.78, 5) is 154. The number of aryl methyl sites for hydroxylation is 1. The van der Waals surface area contributed by atoms with E-state index in [1.165, 1.54) is 0 Å². The molecule has 0 aliphatic carbocycles. The van der Waals surface area contributed by atoms with Crippen LogP contribution < -0.4 is 26.6 Å². The van der Waals surface area contributed by atoms with Crippen molar-refractivity contribution in [3.05, 3.63) is 33.4 Å². The maximum atomic E-state index is 13.8.